The summed E-state index contributed by atoms with van der Waals surface area (Å²) in [4.78, 5) is 6.73. The Labute approximate surface area is 61.3 Å². The van der Waals surface area contributed by atoms with Crippen molar-refractivity contribution < 1.29 is 8.78 Å². The highest BCUT2D eigenvalue weighted by atomic mass is 19.3. The van der Waals surface area contributed by atoms with Crippen LogP contribution in [0.4, 0.5) is 8.78 Å². The van der Waals surface area contributed by atoms with Crippen LogP contribution in [0.1, 0.15) is 17.8 Å². The highest BCUT2D eigenvalue weighted by Gasteiger charge is 2.06. The van der Waals surface area contributed by atoms with Gasteiger partial charge in [-0.2, -0.15) is 5.26 Å². The van der Waals surface area contributed by atoms with Crippen LogP contribution in [0.2, 0.25) is 0 Å². The SMILES string of the molecule is N#Cc1ncc(C(F)F)cn1. The molecule has 0 spiro atoms. The average Bonchev–Trinajstić information content (AvgIpc) is 2.05. The second-order valence-corrected chi connectivity index (χ2v) is 1.75. The minimum Gasteiger partial charge on any atom is -0.227 e. The molecule has 0 atom stereocenters. The molecular formula is C6H3F2N3. The maximum absolute atomic E-state index is 11.8. The molecule has 0 amide bonds. The van der Waals surface area contributed by atoms with Crippen molar-refractivity contribution in [3.63, 3.8) is 0 Å². The monoisotopic (exact) mass is 155 g/mol. The molecule has 3 nitrogen and oxygen atoms in total. The fourth-order valence-electron chi connectivity index (χ4n) is 0.508. The van der Waals surface area contributed by atoms with Gasteiger partial charge in [-0.05, 0) is 0 Å². The van der Waals surface area contributed by atoms with Gasteiger partial charge in [0, 0.05) is 12.4 Å². The summed E-state index contributed by atoms with van der Waals surface area (Å²) < 4.78 is 23.7. The van der Waals surface area contributed by atoms with E-state index in [1.165, 1.54) is 0 Å². The summed E-state index contributed by atoms with van der Waals surface area (Å²) in [5, 5.41) is 8.20. The molecule has 1 heterocycles. The van der Waals surface area contributed by atoms with Crippen molar-refractivity contribution in [2.75, 3.05) is 0 Å². The van der Waals surface area contributed by atoms with Crippen LogP contribution in [0.25, 0.3) is 0 Å². The van der Waals surface area contributed by atoms with Gasteiger partial charge < -0.3 is 0 Å². The lowest BCUT2D eigenvalue weighted by molar-refractivity contribution is 0.150. The Kier molecular flexibility index (Phi) is 2.06. The van der Waals surface area contributed by atoms with E-state index in [-0.39, 0.29) is 11.4 Å². The van der Waals surface area contributed by atoms with Gasteiger partial charge in [-0.15, -0.1) is 0 Å². The van der Waals surface area contributed by atoms with E-state index >= 15 is 0 Å². The zero-order chi connectivity index (χ0) is 8.27. The first-order chi connectivity index (χ1) is 5.24. The Hall–Kier alpha value is -1.57. The quantitative estimate of drug-likeness (QED) is 0.613. The molecule has 0 bridgehead atoms. The molecule has 0 N–H and O–H groups in total. The van der Waals surface area contributed by atoms with Gasteiger partial charge in [-0.25, -0.2) is 18.7 Å². The van der Waals surface area contributed by atoms with Crippen molar-refractivity contribution in [2.24, 2.45) is 0 Å². The van der Waals surface area contributed by atoms with Gasteiger partial charge in [-0.1, -0.05) is 0 Å². The molecule has 1 aromatic heterocycles. The Bertz CT molecular complexity index is 275. The van der Waals surface area contributed by atoms with Gasteiger partial charge in [0.25, 0.3) is 6.43 Å². The second-order valence-electron chi connectivity index (χ2n) is 1.75. The van der Waals surface area contributed by atoms with Crippen molar-refractivity contribution in [3.8, 4) is 6.07 Å². The molecule has 0 aromatic carbocycles. The normalized spacial score (nSPS) is 9.64. The third kappa shape index (κ3) is 1.67. The molecule has 0 saturated heterocycles. The van der Waals surface area contributed by atoms with Crippen LogP contribution >= 0.6 is 0 Å². The lowest BCUT2D eigenvalue weighted by Crippen LogP contribution is -1.91. The highest BCUT2D eigenvalue weighted by Crippen LogP contribution is 2.15. The predicted octanol–water partition coefficient (Wildman–Crippen LogP) is 1.29. The molecule has 0 aliphatic heterocycles. The molecule has 0 aliphatic carbocycles. The third-order valence-electron chi connectivity index (χ3n) is 1.02. The summed E-state index contributed by atoms with van der Waals surface area (Å²) in [5.41, 5.74) is -0.274. The number of alkyl halides is 2. The van der Waals surface area contributed by atoms with Gasteiger partial charge in [-0.3, -0.25) is 0 Å². The molecule has 0 fully saturated rings. The summed E-state index contributed by atoms with van der Waals surface area (Å²) in [6.07, 6.45) is -0.699. The van der Waals surface area contributed by atoms with Gasteiger partial charge >= 0.3 is 0 Å². The van der Waals surface area contributed by atoms with E-state index in [4.69, 9.17) is 5.26 Å². The Morgan fingerprint density at radius 1 is 1.36 bits per heavy atom. The summed E-state index contributed by atoms with van der Waals surface area (Å²) in [5.74, 6) is -0.102. The zero-order valence-electron chi connectivity index (χ0n) is 5.33. The van der Waals surface area contributed by atoms with E-state index < -0.39 is 6.43 Å². The van der Waals surface area contributed by atoms with E-state index in [0.29, 0.717) is 0 Å². The molecule has 0 aliphatic rings. The molecule has 1 aromatic rings. The Morgan fingerprint density at radius 2 is 1.91 bits per heavy atom. The summed E-state index contributed by atoms with van der Waals surface area (Å²) in [7, 11) is 0. The molecular weight excluding hydrogens is 152 g/mol. The van der Waals surface area contributed by atoms with Crippen molar-refractivity contribution in [2.45, 2.75) is 6.43 Å². The predicted molar refractivity (Wildman–Crippen MR) is 31.7 cm³/mol. The lowest BCUT2D eigenvalue weighted by atomic mass is 10.3. The van der Waals surface area contributed by atoms with Crippen LogP contribution in [-0.2, 0) is 0 Å². The first-order valence-electron chi connectivity index (χ1n) is 2.74. The maximum Gasteiger partial charge on any atom is 0.266 e. The molecule has 1 rings (SSSR count). The third-order valence-corrected chi connectivity index (χ3v) is 1.02. The summed E-state index contributed by atoms with van der Waals surface area (Å²) >= 11 is 0. The topological polar surface area (TPSA) is 49.6 Å². The largest absolute Gasteiger partial charge is 0.266 e. The number of nitrogens with zero attached hydrogens (tertiary/aromatic N) is 3. The summed E-state index contributed by atoms with van der Waals surface area (Å²) in [6.45, 7) is 0. The van der Waals surface area contributed by atoms with Gasteiger partial charge in [0.1, 0.15) is 6.07 Å². The van der Waals surface area contributed by atoms with Crippen LogP contribution in [0.3, 0.4) is 0 Å². The molecule has 0 saturated carbocycles. The van der Waals surface area contributed by atoms with Crippen molar-refractivity contribution in [1.29, 1.82) is 5.26 Å². The van der Waals surface area contributed by atoms with Gasteiger partial charge in [0.2, 0.25) is 5.82 Å². The minimum atomic E-state index is -2.58. The van der Waals surface area contributed by atoms with Crippen LogP contribution in [0.5, 0.6) is 0 Å². The number of aromatic nitrogens is 2. The number of nitriles is 1. The number of hydrogen-bond donors (Lipinski definition) is 0. The standard InChI is InChI=1S/C6H3F2N3/c7-6(8)4-2-10-5(1-9)11-3-4/h2-3,6H. The molecule has 0 unspecified atom stereocenters. The molecule has 11 heavy (non-hydrogen) atoms. The van der Waals surface area contributed by atoms with E-state index in [0.717, 1.165) is 12.4 Å². The highest BCUT2D eigenvalue weighted by molar-refractivity contribution is 5.13. The van der Waals surface area contributed by atoms with E-state index in [1.54, 1.807) is 6.07 Å². The molecule has 0 radical (unpaired) electrons. The number of halogens is 2. The average molecular weight is 155 g/mol. The van der Waals surface area contributed by atoms with Crippen LogP contribution in [-0.4, -0.2) is 9.97 Å². The number of rotatable bonds is 1. The van der Waals surface area contributed by atoms with E-state index in [9.17, 15) is 8.78 Å². The van der Waals surface area contributed by atoms with Crippen molar-refractivity contribution >= 4 is 0 Å². The molecule has 56 valence electrons. The fourth-order valence-corrected chi connectivity index (χ4v) is 0.508. The summed E-state index contributed by atoms with van der Waals surface area (Å²) in [6, 6.07) is 1.63. The van der Waals surface area contributed by atoms with E-state index in [2.05, 4.69) is 9.97 Å². The first kappa shape index (κ1) is 7.54. The minimum absolute atomic E-state index is 0.102. The fraction of sp³-hybridized carbons (Fsp3) is 0.167. The number of hydrogen-bond acceptors (Lipinski definition) is 3. The lowest BCUT2D eigenvalue weighted by Gasteiger charge is -1.95. The second kappa shape index (κ2) is 3.01. The van der Waals surface area contributed by atoms with Crippen LogP contribution in [0, 0.1) is 11.3 Å². The maximum atomic E-state index is 11.8. The van der Waals surface area contributed by atoms with Crippen LogP contribution < -0.4 is 0 Å². The smallest absolute Gasteiger partial charge is 0.227 e. The van der Waals surface area contributed by atoms with Gasteiger partial charge in [0.05, 0.1) is 5.56 Å². The first-order valence-corrected chi connectivity index (χ1v) is 2.74. The van der Waals surface area contributed by atoms with Crippen LogP contribution in [0.15, 0.2) is 12.4 Å². The molecule has 5 heteroatoms. The Balaban J connectivity index is 2.94. The zero-order valence-corrected chi connectivity index (χ0v) is 5.33. The van der Waals surface area contributed by atoms with Gasteiger partial charge in [0.15, 0.2) is 0 Å². The van der Waals surface area contributed by atoms with Crippen molar-refractivity contribution in [1.82, 2.24) is 9.97 Å². The Morgan fingerprint density at radius 3 is 2.27 bits per heavy atom. The van der Waals surface area contributed by atoms with Crippen molar-refractivity contribution in [3.05, 3.63) is 23.8 Å². The van der Waals surface area contributed by atoms with E-state index in [1.807, 2.05) is 0 Å².